The molecule has 3 aliphatic rings. The van der Waals surface area contributed by atoms with Gasteiger partial charge in [-0.3, -0.25) is 4.79 Å². The molecule has 0 radical (unpaired) electrons. The largest absolute Gasteiger partial charge is 0.345 e. The Kier molecular flexibility index (Phi) is 3.60. The lowest BCUT2D eigenvalue weighted by Gasteiger charge is -2.31. The predicted molar refractivity (Wildman–Crippen MR) is 72.2 cm³/mol. The molecule has 0 aromatic carbocycles. The SMILES string of the molecule is CN(CC1CC2CCC1C2)C(=O)[C@H]1CCCNC1. The molecule has 18 heavy (non-hydrogen) atoms. The summed E-state index contributed by atoms with van der Waals surface area (Å²) in [5.41, 5.74) is 0. The summed E-state index contributed by atoms with van der Waals surface area (Å²) < 4.78 is 0. The van der Waals surface area contributed by atoms with Crippen molar-refractivity contribution in [2.45, 2.75) is 38.5 Å². The molecule has 3 heteroatoms. The van der Waals surface area contributed by atoms with Gasteiger partial charge in [-0.25, -0.2) is 0 Å². The normalized spacial score (nSPS) is 38.9. The van der Waals surface area contributed by atoms with Gasteiger partial charge in [0, 0.05) is 20.1 Å². The highest BCUT2D eigenvalue weighted by Crippen LogP contribution is 2.48. The van der Waals surface area contributed by atoms with Crippen LogP contribution in [0.3, 0.4) is 0 Å². The van der Waals surface area contributed by atoms with Gasteiger partial charge < -0.3 is 10.2 Å². The van der Waals surface area contributed by atoms with Gasteiger partial charge in [-0.05, 0) is 56.4 Å². The first-order valence-electron chi connectivity index (χ1n) is 7.69. The third kappa shape index (κ3) is 2.42. The van der Waals surface area contributed by atoms with E-state index in [0.29, 0.717) is 5.91 Å². The van der Waals surface area contributed by atoms with Crippen LogP contribution in [0.1, 0.15) is 38.5 Å². The summed E-state index contributed by atoms with van der Waals surface area (Å²) >= 11 is 0. The van der Waals surface area contributed by atoms with E-state index < -0.39 is 0 Å². The van der Waals surface area contributed by atoms with Crippen LogP contribution in [0, 0.1) is 23.7 Å². The molecule has 1 saturated heterocycles. The van der Waals surface area contributed by atoms with Crippen molar-refractivity contribution in [3.05, 3.63) is 0 Å². The highest BCUT2D eigenvalue weighted by atomic mass is 16.2. The van der Waals surface area contributed by atoms with E-state index >= 15 is 0 Å². The topological polar surface area (TPSA) is 32.3 Å². The molecular formula is C15H26N2O. The molecule has 3 nitrogen and oxygen atoms in total. The Morgan fingerprint density at radius 3 is 2.78 bits per heavy atom. The number of nitrogens with one attached hydrogen (secondary N) is 1. The molecule has 3 unspecified atom stereocenters. The zero-order chi connectivity index (χ0) is 12.5. The number of rotatable bonds is 3. The van der Waals surface area contributed by atoms with Gasteiger partial charge in [0.25, 0.3) is 0 Å². The Balaban J connectivity index is 1.51. The van der Waals surface area contributed by atoms with Crippen LogP contribution in [0.15, 0.2) is 0 Å². The van der Waals surface area contributed by atoms with E-state index in [-0.39, 0.29) is 5.92 Å². The molecule has 1 amide bonds. The van der Waals surface area contributed by atoms with E-state index in [1.807, 2.05) is 11.9 Å². The third-order valence-electron chi connectivity index (χ3n) is 5.42. The fourth-order valence-corrected chi connectivity index (χ4v) is 4.42. The summed E-state index contributed by atoms with van der Waals surface area (Å²) in [5, 5.41) is 3.34. The van der Waals surface area contributed by atoms with E-state index in [1.54, 1.807) is 0 Å². The van der Waals surface area contributed by atoms with Gasteiger partial charge >= 0.3 is 0 Å². The minimum atomic E-state index is 0.238. The lowest BCUT2D eigenvalue weighted by Crippen LogP contribution is -2.43. The molecule has 4 atom stereocenters. The summed E-state index contributed by atoms with van der Waals surface area (Å²) in [5.74, 6) is 3.33. The molecule has 2 saturated carbocycles. The van der Waals surface area contributed by atoms with E-state index in [1.165, 1.54) is 25.7 Å². The van der Waals surface area contributed by atoms with Gasteiger partial charge in [0.05, 0.1) is 5.92 Å². The minimum absolute atomic E-state index is 0.238. The Labute approximate surface area is 110 Å². The van der Waals surface area contributed by atoms with Crippen molar-refractivity contribution in [3.63, 3.8) is 0 Å². The second kappa shape index (κ2) is 5.20. The Morgan fingerprint density at radius 1 is 1.28 bits per heavy atom. The number of carbonyl (C=O) groups is 1. The van der Waals surface area contributed by atoms with Gasteiger partial charge in [-0.1, -0.05) is 6.42 Å². The van der Waals surface area contributed by atoms with Crippen molar-refractivity contribution in [3.8, 4) is 0 Å². The van der Waals surface area contributed by atoms with Gasteiger partial charge in [-0.15, -0.1) is 0 Å². The maximum atomic E-state index is 12.4. The summed E-state index contributed by atoms with van der Waals surface area (Å²) in [6.07, 6.45) is 7.92. The van der Waals surface area contributed by atoms with Gasteiger partial charge in [0.1, 0.15) is 0 Å². The van der Waals surface area contributed by atoms with Crippen molar-refractivity contribution < 1.29 is 4.79 Å². The number of amides is 1. The number of piperidine rings is 1. The molecule has 1 N–H and O–H groups in total. The minimum Gasteiger partial charge on any atom is -0.345 e. The summed E-state index contributed by atoms with van der Waals surface area (Å²) in [6, 6.07) is 0. The highest BCUT2D eigenvalue weighted by Gasteiger charge is 2.40. The zero-order valence-electron chi connectivity index (χ0n) is 11.5. The average Bonchev–Trinajstić information content (AvgIpc) is 3.01. The average molecular weight is 250 g/mol. The Hall–Kier alpha value is -0.570. The fraction of sp³-hybridized carbons (Fsp3) is 0.933. The number of hydrogen-bond donors (Lipinski definition) is 1. The van der Waals surface area contributed by atoms with Crippen LogP contribution in [-0.2, 0) is 4.79 Å². The van der Waals surface area contributed by atoms with Crippen LogP contribution >= 0.6 is 0 Å². The summed E-state index contributed by atoms with van der Waals surface area (Å²) in [6.45, 7) is 2.98. The van der Waals surface area contributed by atoms with Gasteiger partial charge in [-0.2, -0.15) is 0 Å². The monoisotopic (exact) mass is 250 g/mol. The van der Waals surface area contributed by atoms with Crippen LogP contribution in [0.2, 0.25) is 0 Å². The Bertz CT molecular complexity index is 312. The van der Waals surface area contributed by atoms with Crippen LogP contribution in [0.5, 0.6) is 0 Å². The zero-order valence-corrected chi connectivity index (χ0v) is 11.5. The third-order valence-corrected chi connectivity index (χ3v) is 5.42. The molecule has 0 aromatic rings. The van der Waals surface area contributed by atoms with Gasteiger partial charge in [0.15, 0.2) is 0 Å². The van der Waals surface area contributed by atoms with Crippen molar-refractivity contribution >= 4 is 5.91 Å². The van der Waals surface area contributed by atoms with Crippen LogP contribution in [-0.4, -0.2) is 37.5 Å². The van der Waals surface area contributed by atoms with E-state index in [9.17, 15) is 4.79 Å². The molecule has 3 fully saturated rings. The quantitative estimate of drug-likeness (QED) is 0.829. The van der Waals surface area contributed by atoms with E-state index in [0.717, 1.165) is 50.2 Å². The first-order chi connectivity index (χ1) is 8.74. The molecule has 2 aliphatic carbocycles. The van der Waals surface area contributed by atoms with E-state index in [4.69, 9.17) is 0 Å². The molecule has 1 aliphatic heterocycles. The fourth-order valence-electron chi connectivity index (χ4n) is 4.42. The number of nitrogens with zero attached hydrogens (tertiary/aromatic N) is 1. The highest BCUT2D eigenvalue weighted by molar-refractivity contribution is 5.78. The van der Waals surface area contributed by atoms with Gasteiger partial charge in [0.2, 0.25) is 5.91 Å². The van der Waals surface area contributed by atoms with Crippen LogP contribution < -0.4 is 5.32 Å². The summed E-state index contributed by atoms with van der Waals surface area (Å²) in [4.78, 5) is 14.4. The Morgan fingerprint density at radius 2 is 2.17 bits per heavy atom. The van der Waals surface area contributed by atoms with Crippen molar-refractivity contribution in [1.82, 2.24) is 10.2 Å². The molecule has 102 valence electrons. The second-order valence-electron chi connectivity index (χ2n) is 6.70. The predicted octanol–water partition coefficient (Wildman–Crippen LogP) is 1.88. The van der Waals surface area contributed by atoms with E-state index in [2.05, 4.69) is 5.32 Å². The molecule has 0 aromatic heterocycles. The molecule has 1 heterocycles. The number of carbonyl (C=O) groups excluding carboxylic acids is 1. The lowest BCUT2D eigenvalue weighted by molar-refractivity contribution is -0.135. The number of hydrogen-bond acceptors (Lipinski definition) is 2. The molecular weight excluding hydrogens is 224 g/mol. The van der Waals surface area contributed by atoms with Crippen LogP contribution in [0.4, 0.5) is 0 Å². The second-order valence-corrected chi connectivity index (χ2v) is 6.70. The van der Waals surface area contributed by atoms with Crippen molar-refractivity contribution in [2.75, 3.05) is 26.7 Å². The molecule has 0 spiro atoms. The smallest absolute Gasteiger partial charge is 0.226 e. The lowest BCUT2D eigenvalue weighted by atomic mass is 9.88. The molecule has 3 rings (SSSR count). The first-order valence-corrected chi connectivity index (χ1v) is 7.69. The standard InChI is InChI=1S/C15H26N2O/c1-17(15(18)13-3-2-6-16-9-13)10-14-8-11-4-5-12(14)7-11/h11-14,16H,2-10H2,1H3/t11?,12?,13-,14?/m0/s1. The van der Waals surface area contributed by atoms with Crippen molar-refractivity contribution in [1.29, 1.82) is 0 Å². The summed E-state index contributed by atoms with van der Waals surface area (Å²) in [7, 11) is 2.02. The maximum Gasteiger partial charge on any atom is 0.226 e. The van der Waals surface area contributed by atoms with Crippen molar-refractivity contribution in [2.24, 2.45) is 23.7 Å². The van der Waals surface area contributed by atoms with Crippen LogP contribution in [0.25, 0.3) is 0 Å². The maximum absolute atomic E-state index is 12.4. The first kappa shape index (κ1) is 12.5. The molecule has 2 bridgehead atoms. The number of fused-ring (bicyclic) bond motifs is 2.